The van der Waals surface area contributed by atoms with Crippen LogP contribution in [0.15, 0.2) is 71.9 Å². The maximum absolute atomic E-state index is 12.8. The van der Waals surface area contributed by atoms with Gasteiger partial charge in [-0.15, -0.1) is 0 Å². The zero-order valence-electron chi connectivity index (χ0n) is 16.9. The van der Waals surface area contributed by atoms with E-state index < -0.39 is 10.0 Å². The maximum Gasteiger partial charge on any atom is 0.261 e. The number of sulfonamides is 1. The SMILES string of the molecule is CC(=O)c1ccc(S(=O)(=O)Nc2cc(-c3cn4ccc(C)cc4n3)ccc2C)cc1. The van der Waals surface area contributed by atoms with Gasteiger partial charge in [0.2, 0.25) is 0 Å². The average molecular weight is 420 g/mol. The number of hydrogen-bond donors (Lipinski definition) is 1. The second kappa shape index (κ2) is 7.42. The Morgan fingerprint density at radius 3 is 2.43 bits per heavy atom. The smallest absolute Gasteiger partial charge is 0.261 e. The van der Waals surface area contributed by atoms with Crippen molar-refractivity contribution in [2.75, 3.05) is 4.72 Å². The van der Waals surface area contributed by atoms with Crippen molar-refractivity contribution in [3.8, 4) is 11.3 Å². The number of imidazole rings is 1. The molecular weight excluding hydrogens is 398 g/mol. The van der Waals surface area contributed by atoms with Gasteiger partial charge in [-0.05, 0) is 62.2 Å². The fourth-order valence-electron chi connectivity index (χ4n) is 3.19. The molecule has 0 unspecified atom stereocenters. The number of carbonyl (C=O) groups is 1. The minimum Gasteiger partial charge on any atom is -0.306 e. The minimum absolute atomic E-state index is 0.0977. The number of fused-ring (bicyclic) bond motifs is 1. The third-order valence-corrected chi connectivity index (χ3v) is 6.35. The van der Waals surface area contributed by atoms with Gasteiger partial charge in [-0.25, -0.2) is 13.4 Å². The van der Waals surface area contributed by atoms with Gasteiger partial charge in [-0.1, -0.05) is 24.3 Å². The van der Waals surface area contributed by atoms with Gasteiger partial charge in [0, 0.05) is 23.5 Å². The van der Waals surface area contributed by atoms with Crippen LogP contribution in [0.4, 0.5) is 5.69 Å². The lowest BCUT2D eigenvalue weighted by atomic mass is 10.1. The number of hydrogen-bond acceptors (Lipinski definition) is 4. The fraction of sp³-hybridized carbons (Fsp3) is 0.130. The molecule has 4 rings (SSSR count). The fourth-order valence-corrected chi connectivity index (χ4v) is 4.31. The number of ketones is 1. The molecule has 0 saturated carbocycles. The Morgan fingerprint density at radius 1 is 1.00 bits per heavy atom. The summed E-state index contributed by atoms with van der Waals surface area (Å²) in [5.74, 6) is -0.113. The molecule has 152 valence electrons. The molecule has 0 aliphatic heterocycles. The Labute approximate surface area is 175 Å². The first-order valence-corrected chi connectivity index (χ1v) is 10.9. The topological polar surface area (TPSA) is 80.5 Å². The van der Waals surface area contributed by atoms with Crippen LogP contribution in [0.2, 0.25) is 0 Å². The minimum atomic E-state index is -3.79. The molecule has 4 aromatic rings. The molecule has 6 nitrogen and oxygen atoms in total. The monoisotopic (exact) mass is 419 g/mol. The van der Waals surface area contributed by atoms with Gasteiger partial charge in [-0.2, -0.15) is 0 Å². The van der Waals surface area contributed by atoms with Crippen LogP contribution in [0.25, 0.3) is 16.9 Å². The van der Waals surface area contributed by atoms with Crippen LogP contribution in [0, 0.1) is 13.8 Å². The van der Waals surface area contributed by atoms with Crippen molar-refractivity contribution in [2.45, 2.75) is 25.7 Å². The van der Waals surface area contributed by atoms with Crippen LogP contribution in [0.5, 0.6) is 0 Å². The standard InChI is InChI=1S/C23H21N3O3S/c1-15-10-11-26-14-22(24-23(26)12-15)19-5-4-16(2)21(13-19)25-30(28,29)20-8-6-18(7-9-20)17(3)27/h4-14,25H,1-3H3. The molecule has 0 amide bonds. The number of nitrogens with zero attached hydrogens (tertiary/aromatic N) is 2. The first kappa shape index (κ1) is 19.8. The summed E-state index contributed by atoms with van der Waals surface area (Å²) in [5, 5.41) is 0. The number of pyridine rings is 1. The van der Waals surface area contributed by atoms with Gasteiger partial charge < -0.3 is 4.40 Å². The molecule has 7 heteroatoms. The van der Waals surface area contributed by atoms with Crippen LogP contribution in [-0.4, -0.2) is 23.6 Å². The highest BCUT2D eigenvalue weighted by atomic mass is 32.2. The predicted molar refractivity (Wildman–Crippen MR) is 117 cm³/mol. The predicted octanol–water partition coefficient (Wildman–Crippen LogP) is 4.62. The Hall–Kier alpha value is -3.45. The van der Waals surface area contributed by atoms with E-state index in [2.05, 4.69) is 9.71 Å². The highest BCUT2D eigenvalue weighted by molar-refractivity contribution is 7.92. The Bertz CT molecular complexity index is 1370. The van der Waals surface area contributed by atoms with Crippen LogP contribution in [0.3, 0.4) is 0 Å². The van der Waals surface area contributed by atoms with E-state index in [1.165, 1.54) is 31.2 Å². The van der Waals surface area contributed by atoms with E-state index in [0.29, 0.717) is 11.3 Å². The molecule has 1 N–H and O–H groups in total. The number of anilines is 1. The van der Waals surface area contributed by atoms with Gasteiger partial charge in [-0.3, -0.25) is 9.52 Å². The van der Waals surface area contributed by atoms with Gasteiger partial charge in [0.25, 0.3) is 10.0 Å². The largest absolute Gasteiger partial charge is 0.306 e. The molecule has 30 heavy (non-hydrogen) atoms. The summed E-state index contributed by atoms with van der Waals surface area (Å²) in [6.07, 6.45) is 3.86. The molecule has 2 aromatic carbocycles. The van der Waals surface area contributed by atoms with Gasteiger partial charge in [0.1, 0.15) is 5.65 Å². The third kappa shape index (κ3) is 3.84. The first-order valence-electron chi connectivity index (χ1n) is 9.43. The number of aromatic nitrogens is 2. The van der Waals surface area contributed by atoms with Gasteiger partial charge in [0.05, 0.1) is 16.3 Å². The summed E-state index contributed by atoms with van der Waals surface area (Å²) >= 11 is 0. The van der Waals surface area contributed by atoms with Crippen molar-refractivity contribution in [1.29, 1.82) is 0 Å². The lowest BCUT2D eigenvalue weighted by Gasteiger charge is -2.12. The van der Waals surface area contributed by atoms with Crippen LogP contribution >= 0.6 is 0 Å². The first-order chi connectivity index (χ1) is 14.2. The van der Waals surface area contributed by atoms with E-state index in [4.69, 9.17) is 0 Å². The normalized spacial score (nSPS) is 11.6. The van der Waals surface area contributed by atoms with Crippen molar-refractivity contribution >= 4 is 27.1 Å². The Kier molecular flexibility index (Phi) is 4.91. The van der Waals surface area contributed by atoms with Crippen molar-refractivity contribution < 1.29 is 13.2 Å². The number of carbonyl (C=O) groups excluding carboxylic acids is 1. The molecular formula is C23H21N3O3S. The molecule has 0 atom stereocenters. The van der Waals surface area contributed by atoms with Crippen molar-refractivity contribution in [1.82, 2.24) is 9.38 Å². The molecule has 0 radical (unpaired) electrons. The molecule has 0 bridgehead atoms. The number of benzene rings is 2. The summed E-state index contributed by atoms with van der Waals surface area (Å²) in [6, 6.07) is 15.5. The second-order valence-corrected chi connectivity index (χ2v) is 8.99. The van der Waals surface area contributed by atoms with Crippen molar-refractivity contribution in [3.05, 3.63) is 83.7 Å². The number of rotatable bonds is 5. The maximum atomic E-state index is 12.8. The number of Topliss-reactive ketones (excluding diaryl/α,β-unsaturated/α-hetero) is 1. The summed E-state index contributed by atoms with van der Waals surface area (Å²) in [5.41, 5.74) is 5.26. The van der Waals surface area contributed by atoms with Gasteiger partial charge in [0.15, 0.2) is 5.78 Å². The van der Waals surface area contributed by atoms with E-state index in [1.54, 1.807) is 6.07 Å². The number of aryl methyl sites for hydroxylation is 2. The highest BCUT2D eigenvalue weighted by Gasteiger charge is 2.17. The van der Waals surface area contributed by atoms with Crippen molar-refractivity contribution in [3.63, 3.8) is 0 Å². The zero-order valence-corrected chi connectivity index (χ0v) is 17.7. The lowest BCUT2D eigenvalue weighted by Crippen LogP contribution is -2.14. The van der Waals surface area contributed by atoms with Gasteiger partial charge >= 0.3 is 0 Å². The Morgan fingerprint density at radius 2 is 1.73 bits per heavy atom. The molecule has 2 aromatic heterocycles. The molecule has 0 aliphatic rings. The van der Waals surface area contributed by atoms with Crippen LogP contribution < -0.4 is 4.72 Å². The molecule has 2 heterocycles. The summed E-state index contributed by atoms with van der Waals surface area (Å²) in [6.45, 7) is 5.29. The zero-order chi connectivity index (χ0) is 21.5. The van der Waals surface area contributed by atoms with Crippen LogP contribution in [-0.2, 0) is 10.0 Å². The van der Waals surface area contributed by atoms with Crippen LogP contribution in [0.1, 0.15) is 28.4 Å². The quantitative estimate of drug-likeness (QED) is 0.479. The number of nitrogens with one attached hydrogen (secondary N) is 1. The average Bonchev–Trinajstić information content (AvgIpc) is 3.12. The second-order valence-electron chi connectivity index (χ2n) is 7.31. The molecule has 0 fully saturated rings. The van der Waals surface area contributed by atoms with E-state index >= 15 is 0 Å². The summed E-state index contributed by atoms with van der Waals surface area (Å²) in [4.78, 5) is 16.2. The van der Waals surface area contributed by atoms with E-state index in [9.17, 15) is 13.2 Å². The Balaban J connectivity index is 1.68. The highest BCUT2D eigenvalue weighted by Crippen LogP contribution is 2.27. The van der Waals surface area contributed by atoms with Crippen molar-refractivity contribution in [2.24, 2.45) is 0 Å². The molecule has 0 aliphatic carbocycles. The van der Waals surface area contributed by atoms with E-state index in [-0.39, 0.29) is 10.7 Å². The third-order valence-electron chi connectivity index (χ3n) is 4.96. The summed E-state index contributed by atoms with van der Waals surface area (Å²) in [7, 11) is -3.79. The summed E-state index contributed by atoms with van der Waals surface area (Å²) < 4.78 is 30.3. The van der Waals surface area contributed by atoms with E-state index in [0.717, 1.165) is 28.0 Å². The van der Waals surface area contributed by atoms with E-state index in [1.807, 2.05) is 54.9 Å². The molecule has 0 spiro atoms. The lowest BCUT2D eigenvalue weighted by molar-refractivity contribution is 0.101. The molecule has 0 saturated heterocycles.